The fourth-order valence-electron chi connectivity index (χ4n) is 1.41. The maximum Gasteiger partial charge on any atom is 0.0925 e. The molecule has 0 aromatic heterocycles. The molecule has 1 aliphatic heterocycles. The van der Waals surface area contributed by atoms with Crippen molar-refractivity contribution in [3.63, 3.8) is 0 Å². The lowest BCUT2D eigenvalue weighted by Crippen LogP contribution is -2.22. The van der Waals surface area contributed by atoms with Crippen LogP contribution < -0.4 is 10.6 Å². The van der Waals surface area contributed by atoms with Gasteiger partial charge in [-0.1, -0.05) is 18.2 Å². The first kappa shape index (κ1) is 10.2. The maximum atomic E-state index is 3.37. The molecule has 3 heteroatoms. The fraction of sp³-hybridized carbons (Fsp3) is 0.167. The fourth-order valence-corrected chi connectivity index (χ4v) is 1.90. The van der Waals surface area contributed by atoms with E-state index in [1.54, 1.807) is 11.8 Å². The summed E-state index contributed by atoms with van der Waals surface area (Å²) >= 11 is 1.78. The van der Waals surface area contributed by atoms with Gasteiger partial charge >= 0.3 is 0 Å². The van der Waals surface area contributed by atoms with E-state index in [1.165, 1.54) is 0 Å². The quantitative estimate of drug-likeness (QED) is 0.815. The highest BCUT2D eigenvalue weighted by atomic mass is 32.2. The number of benzene rings is 1. The zero-order chi connectivity index (χ0) is 10.5. The standard InChI is InChI=1S/C12H14N2S/c1-15-12-9-11(7-8-13-12)14-10-5-3-2-4-6-10/h2-9,12-14H,1H3. The number of rotatable bonds is 3. The third-order valence-electron chi connectivity index (χ3n) is 2.17. The molecule has 2 nitrogen and oxygen atoms in total. The van der Waals surface area contributed by atoms with Crippen LogP contribution in [0.3, 0.4) is 0 Å². The van der Waals surface area contributed by atoms with E-state index in [0.29, 0.717) is 5.37 Å². The third-order valence-corrected chi connectivity index (χ3v) is 2.95. The van der Waals surface area contributed by atoms with Crippen molar-refractivity contribution in [3.05, 3.63) is 54.4 Å². The van der Waals surface area contributed by atoms with Gasteiger partial charge in [0.15, 0.2) is 0 Å². The van der Waals surface area contributed by atoms with E-state index in [4.69, 9.17) is 0 Å². The number of anilines is 1. The Balaban J connectivity index is 2.06. The van der Waals surface area contributed by atoms with Gasteiger partial charge in [-0.15, -0.1) is 11.8 Å². The van der Waals surface area contributed by atoms with Gasteiger partial charge < -0.3 is 10.6 Å². The molecule has 1 atom stereocenters. The third kappa shape index (κ3) is 2.80. The predicted molar refractivity (Wildman–Crippen MR) is 67.7 cm³/mol. The van der Waals surface area contributed by atoms with E-state index >= 15 is 0 Å². The van der Waals surface area contributed by atoms with Crippen LogP contribution in [-0.4, -0.2) is 11.6 Å². The molecule has 0 amide bonds. The number of para-hydroxylation sites is 1. The topological polar surface area (TPSA) is 24.1 Å². The van der Waals surface area contributed by atoms with Gasteiger partial charge in [0.1, 0.15) is 0 Å². The van der Waals surface area contributed by atoms with E-state index in [1.807, 2.05) is 30.5 Å². The largest absolute Gasteiger partial charge is 0.376 e. The summed E-state index contributed by atoms with van der Waals surface area (Å²) in [5.41, 5.74) is 2.26. The molecule has 0 saturated heterocycles. The summed E-state index contributed by atoms with van der Waals surface area (Å²) in [6.07, 6.45) is 8.29. The minimum absolute atomic E-state index is 0.362. The number of hydrogen-bond donors (Lipinski definition) is 2. The lowest BCUT2D eigenvalue weighted by atomic mass is 10.2. The Labute approximate surface area is 94.5 Å². The first-order valence-corrected chi connectivity index (χ1v) is 6.16. The molecule has 0 spiro atoms. The van der Waals surface area contributed by atoms with Crippen LogP contribution in [0.5, 0.6) is 0 Å². The second kappa shape index (κ2) is 4.94. The molecule has 78 valence electrons. The van der Waals surface area contributed by atoms with E-state index in [9.17, 15) is 0 Å². The van der Waals surface area contributed by atoms with Gasteiger partial charge in [-0.25, -0.2) is 0 Å². The summed E-state index contributed by atoms with van der Waals surface area (Å²) in [6, 6.07) is 10.2. The Bertz CT molecular complexity index is 370. The smallest absolute Gasteiger partial charge is 0.0925 e. The Hall–Kier alpha value is -1.35. The highest BCUT2D eigenvalue weighted by Crippen LogP contribution is 2.15. The summed E-state index contributed by atoms with van der Waals surface area (Å²) in [7, 11) is 0. The molecule has 1 heterocycles. The highest BCUT2D eigenvalue weighted by Gasteiger charge is 2.05. The van der Waals surface area contributed by atoms with Gasteiger partial charge in [0.2, 0.25) is 0 Å². The van der Waals surface area contributed by atoms with Crippen molar-refractivity contribution in [1.29, 1.82) is 0 Å². The van der Waals surface area contributed by atoms with Crippen LogP contribution in [0.15, 0.2) is 54.4 Å². The molecule has 0 bridgehead atoms. The molecule has 15 heavy (non-hydrogen) atoms. The van der Waals surface area contributed by atoms with Crippen molar-refractivity contribution in [3.8, 4) is 0 Å². The summed E-state index contributed by atoms with van der Waals surface area (Å²) in [4.78, 5) is 0. The summed E-state index contributed by atoms with van der Waals surface area (Å²) in [5, 5.41) is 6.98. The normalized spacial score (nSPS) is 19.3. The maximum absolute atomic E-state index is 3.37. The molecule has 1 aromatic rings. The van der Waals surface area contributed by atoms with Crippen LogP contribution in [0.1, 0.15) is 0 Å². The van der Waals surface area contributed by atoms with E-state index in [0.717, 1.165) is 11.4 Å². The van der Waals surface area contributed by atoms with Gasteiger partial charge in [-0.2, -0.15) is 0 Å². The second-order valence-corrected chi connectivity index (χ2v) is 4.25. The summed E-state index contributed by atoms with van der Waals surface area (Å²) < 4.78 is 0. The zero-order valence-corrected chi connectivity index (χ0v) is 9.42. The van der Waals surface area contributed by atoms with Crippen molar-refractivity contribution < 1.29 is 0 Å². The van der Waals surface area contributed by atoms with Gasteiger partial charge in [0.25, 0.3) is 0 Å². The average molecular weight is 218 g/mol. The molecule has 2 rings (SSSR count). The molecule has 0 fully saturated rings. The van der Waals surface area contributed by atoms with Crippen LogP contribution in [0.2, 0.25) is 0 Å². The van der Waals surface area contributed by atoms with Crippen LogP contribution in [0.4, 0.5) is 5.69 Å². The van der Waals surface area contributed by atoms with Gasteiger partial charge in [-0.3, -0.25) is 0 Å². The lowest BCUT2D eigenvalue weighted by Gasteiger charge is -2.17. The number of hydrogen-bond acceptors (Lipinski definition) is 3. The molecular formula is C12H14N2S. The zero-order valence-electron chi connectivity index (χ0n) is 8.60. The Morgan fingerprint density at radius 3 is 2.80 bits per heavy atom. The summed E-state index contributed by atoms with van der Waals surface area (Å²) in [5.74, 6) is 0. The Morgan fingerprint density at radius 2 is 2.07 bits per heavy atom. The van der Waals surface area contributed by atoms with Crippen molar-refractivity contribution in [1.82, 2.24) is 5.32 Å². The van der Waals surface area contributed by atoms with Crippen LogP contribution in [-0.2, 0) is 0 Å². The first-order chi connectivity index (χ1) is 7.38. The van der Waals surface area contributed by atoms with E-state index < -0.39 is 0 Å². The van der Waals surface area contributed by atoms with Crippen molar-refractivity contribution >= 4 is 17.4 Å². The molecule has 0 saturated carbocycles. The van der Waals surface area contributed by atoms with Gasteiger partial charge in [0, 0.05) is 11.4 Å². The van der Waals surface area contributed by atoms with Crippen molar-refractivity contribution in [2.24, 2.45) is 0 Å². The monoisotopic (exact) mass is 218 g/mol. The van der Waals surface area contributed by atoms with Crippen LogP contribution in [0.25, 0.3) is 0 Å². The Kier molecular flexibility index (Phi) is 3.35. The summed E-state index contributed by atoms with van der Waals surface area (Å²) in [6.45, 7) is 0. The number of nitrogens with one attached hydrogen (secondary N) is 2. The van der Waals surface area contributed by atoms with Gasteiger partial charge in [-0.05, 0) is 36.7 Å². The minimum Gasteiger partial charge on any atom is -0.376 e. The minimum atomic E-state index is 0.362. The number of allylic oxidation sites excluding steroid dienone is 1. The molecule has 1 aromatic carbocycles. The first-order valence-electron chi connectivity index (χ1n) is 4.88. The van der Waals surface area contributed by atoms with E-state index in [-0.39, 0.29) is 0 Å². The van der Waals surface area contributed by atoms with Crippen molar-refractivity contribution in [2.45, 2.75) is 5.37 Å². The van der Waals surface area contributed by atoms with Crippen LogP contribution in [0, 0.1) is 0 Å². The van der Waals surface area contributed by atoms with Crippen LogP contribution >= 0.6 is 11.8 Å². The molecule has 1 unspecified atom stereocenters. The number of dihydropyridines is 1. The molecule has 0 aliphatic carbocycles. The second-order valence-electron chi connectivity index (χ2n) is 3.27. The molecule has 0 radical (unpaired) electrons. The molecular weight excluding hydrogens is 204 g/mol. The van der Waals surface area contributed by atoms with E-state index in [2.05, 4.69) is 35.1 Å². The van der Waals surface area contributed by atoms with Gasteiger partial charge in [0.05, 0.1) is 5.37 Å². The molecule has 1 aliphatic rings. The Morgan fingerprint density at radius 1 is 1.27 bits per heavy atom. The SMILES string of the molecule is CSC1C=C(Nc2ccccc2)C=CN1. The average Bonchev–Trinajstić information content (AvgIpc) is 2.31. The molecule has 2 N–H and O–H groups in total. The van der Waals surface area contributed by atoms with Crippen molar-refractivity contribution in [2.75, 3.05) is 11.6 Å². The lowest BCUT2D eigenvalue weighted by molar-refractivity contribution is 0.904. The highest BCUT2D eigenvalue weighted by molar-refractivity contribution is 7.99. The number of thioether (sulfide) groups is 1. The predicted octanol–water partition coefficient (Wildman–Crippen LogP) is 2.79.